The minimum Gasteiger partial charge on any atom is -0.356 e. The smallest absolute Gasteiger partial charge is 0.0407 e. The van der Waals surface area contributed by atoms with Gasteiger partial charge >= 0.3 is 0 Å². The molecule has 1 aliphatic rings. The van der Waals surface area contributed by atoms with Gasteiger partial charge in [-0.1, -0.05) is 54.1 Å². The first-order valence-electron chi connectivity index (χ1n) is 8.19. The number of hydrogen-bond acceptors (Lipinski definition) is 1. The fourth-order valence-electron chi connectivity index (χ4n) is 3.20. The average molecular weight is 332 g/mol. The molecule has 0 atom stereocenters. The van der Waals surface area contributed by atoms with Crippen LogP contribution in [-0.2, 0) is 6.42 Å². The number of halogens is 1. The molecule has 0 aliphatic heterocycles. The molecule has 4 rings (SSSR count). The first-order valence-corrected chi connectivity index (χ1v) is 8.57. The maximum Gasteiger partial charge on any atom is 0.0407 e. The number of aryl methyl sites for hydroxylation is 1. The molecule has 1 aliphatic carbocycles. The summed E-state index contributed by atoms with van der Waals surface area (Å²) in [6.45, 7) is 0. The van der Waals surface area contributed by atoms with Gasteiger partial charge < -0.3 is 5.32 Å². The van der Waals surface area contributed by atoms with Crippen LogP contribution in [0, 0.1) is 0 Å². The molecule has 0 bridgehead atoms. The van der Waals surface area contributed by atoms with E-state index in [0.29, 0.717) is 0 Å². The van der Waals surface area contributed by atoms with E-state index < -0.39 is 0 Å². The van der Waals surface area contributed by atoms with Gasteiger partial charge in [0.2, 0.25) is 0 Å². The van der Waals surface area contributed by atoms with Crippen molar-refractivity contribution in [3.8, 4) is 0 Å². The van der Waals surface area contributed by atoms with E-state index in [4.69, 9.17) is 11.6 Å². The van der Waals surface area contributed by atoms with Crippen LogP contribution >= 0.6 is 11.6 Å². The zero-order valence-electron chi connectivity index (χ0n) is 13.3. The maximum absolute atomic E-state index is 5.94. The fraction of sp³-hybridized carbons (Fsp3) is 0.0909. The van der Waals surface area contributed by atoms with E-state index in [1.807, 2.05) is 24.3 Å². The highest BCUT2D eigenvalue weighted by molar-refractivity contribution is 6.30. The standard InChI is InChI=1S/C22H18ClN/c23-19-8-10-20(11-9-19)24-21-12-13-22-17(6-7-18(22)15-21)14-16-4-2-1-3-5-16/h1-5,8-15,24H,6-7H2/b17-14+. The molecule has 3 aromatic rings. The minimum absolute atomic E-state index is 0.755. The van der Waals surface area contributed by atoms with Crippen LogP contribution in [-0.4, -0.2) is 0 Å². The number of anilines is 2. The molecule has 2 heteroatoms. The topological polar surface area (TPSA) is 12.0 Å². The number of allylic oxidation sites excluding steroid dienone is 1. The summed E-state index contributed by atoms with van der Waals surface area (Å²) in [6.07, 6.45) is 4.51. The monoisotopic (exact) mass is 331 g/mol. The summed E-state index contributed by atoms with van der Waals surface area (Å²) in [6, 6.07) is 25.0. The Bertz CT molecular complexity index is 880. The highest BCUT2D eigenvalue weighted by Gasteiger charge is 2.16. The van der Waals surface area contributed by atoms with Gasteiger partial charge in [0, 0.05) is 16.4 Å². The minimum atomic E-state index is 0.755. The average Bonchev–Trinajstić information content (AvgIpc) is 3.00. The summed E-state index contributed by atoms with van der Waals surface area (Å²) in [4.78, 5) is 0. The molecular formula is C22H18ClN. The van der Waals surface area contributed by atoms with Crippen LogP contribution in [0.15, 0.2) is 72.8 Å². The lowest BCUT2D eigenvalue weighted by atomic mass is 10.0. The largest absolute Gasteiger partial charge is 0.356 e. The molecule has 0 saturated heterocycles. The predicted octanol–water partition coefficient (Wildman–Crippen LogP) is 6.57. The van der Waals surface area contributed by atoms with Gasteiger partial charge in [-0.25, -0.2) is 0 Å². The molecule has 1 nitrogen and oxygen atoms in total. The van der Waals surface area contributed by atoms with Gasteiger partial charge in [-0.3, -0.25) is 0 Å². The Morgan fingerprint density at radius 2 is 1.54 bits per heavy atom. The van der Waals surface area contributed by atoms with Gasteiger partial charge in [-0.2, -0.15) is 0 Å². The lowest BCUT2D eigenvalue weighted by Gasteiger charge is -2.09. The third kappa shape index (κ3) is 3.22. The maximum atomic E-state index is 5.94. The van der Waals surface area contributed by atoms with Gasteiger partial charge in [0.05, 0.1) is 0 Å². The first kappa shape index (κ1) is 15.0. The molecule has 0 amide bonds. The highest BCUT2D eigenvalue weighted by Crippen LogP contribution is 2.35. The molecule has 24 heavy (non-hydrogen) atoms. The molecule has 0 unspecified atom stereocenters. The number of benzene rings is 3. The van der Waals surface area contributed by atoms with Crippen LogP contribution in [0.5, 0.6) is 0 Å². The van der Waals surface area contributed by atoms with Crippen LogP contribution in [0.2, 0.25) is 5.02 Å². The van der Waals surface area contributed by atoms with Crippen molar-refractivity contribution in [3.63, 3.8) is 0 Å². The molecular weight excluding hydrogens is 314 g/mol. The number of fused-ring (bicyclic) bond motifs is 1. The second kappa shape index (κ2) is 6.54. The quantitative estimate of drug-likeness (QED) is 0.572. The van der Waals surface area contributed by atoms with E-state index in [1.165, 1.54) is 22.3 Å². The zero-order valence-corrected chi connectivity index (χ0v) is 14.1. The van der Waals surface area contributed by atoms with Crippen LogP contribution in [0.1, 0.15) is 23.1 Å². The van der Waals surface area contributed by atoms with Crippen molar-refractivity contribution in [2.75, 3.05) is 5.32 Å². The summed E-state index contributed by atoms with van der Waals surface area (Å²) in [7, 11) is 0. The molecule has 0 spiro atoms. The van der Waals surface area contributed by atoms with Crippen molar-refractivity contribution in [1.82, 2.24) is 0 Å². The van der Waals surface area contributed by atoms with Gasteiger partial charge in [0.15, 0.2) is 0 Å². The summed E-state index contributed by atoms with van der Waals surface area (Å²) in [5.41, 5.74) is 7.66. The summed E-state index contributed by atoms with van der Waals surface area (Å²) in [5, 5.41) is 4.20. The first-order chi connectivity index (χ1) is 11.8. The van der Waals surface area contributed by atoms with Crippen molar-refractivity contribution in [2.45, 2.75) is 12.8 Å². The summed E-state index contributed by atoms with van der Waals surface area (Å²) < 4.78 is 0. The second-order valence-corrected chi connectivity index (χ2v) is 6.52. The molecule has 0 heterocycles. The Morgan fingerprint density at radius 1 is 0.792 bits per heavy atom. The number of hydrogen-bond donors (Lipinski definition) is 1. The van der Waals surface area contributed by atoms with E-state index in [-0.39, 0.29) is 0 Å². The van der Waals surface area contributed by atoms with Gasteiger partial charge in [0.1, 0.15) is 0 Å². The van der Waals surface area contributed by atoms with Crippen molar-refractivity contribution in [2.24, 2.45) is 0 Å². The molecule has 0 aromatic heterocycles. The SMILES string of the molecule is Clc1ccc(Nc2ccc3c(c2)CC/C3=C\c2ccccc2)cc1. The van der Waals surface area contributed by atoms with Gasteiger partial charge in [-0.05, 0) is 71.5 Å². The molecule has 0 fully saturated rings. The number of nitrogens with one attached hydrogen (secondary N) is 1. The van der Waals surface area contributed by atoms with Crippen LogP contribution < -0.4 is 5.32 Å². The second-order valence-electron chi connectivity index (χ2n) is 6.08. The zero-order chi connectivity index (χ0) is 16.4. The van der Waals surface area contributed by atoms with E-state index in [9.17, 15) is 0 Å². The van der Waals surface area contributed by atoms with E-state index >= 15 is 0 Å². The van der Waals surface area contributed by atoms with Crippen molar-refractivity contribution >= 4 is 34.6 Å². The molecule has 1 N–H and O–H groups in total. The third-order valence-corrected chi connectivity index (χ3v) is 4.64. The molecule has 0 radical (unpaired) electrons. The molecule has 118 valence electrons. The Morgan fingerprint density at radius 3 is 2.33 bits per heavy atom. The lowest BCUT2D eigenvalue weighted by Crippen LogP contribution is -1.91. The molecule has 3 aromatic carbocycles. The summed E-state index contributed by atoms with van der Waals surface area (Å²) >= 11 is 5.94. The Labute approximate surface area is 147 Å². The number of rotatable bonds is 3. The van der Waals surface area contributed by atoms with Crippen molar-refractivity contribution in [3.05, 3.63) is 94.5 Å². The Balaban J connectivity index is 1.58. The highest BCUT2D eigenvalue weighted by atomic mass is 35.5. The van der Waals surface area contributed by atoms with Crippen LogP contribution in [0.4, 0.5) is 11.4 Å². The van der Waals surface area contributed by atoms with E-state index in [2.05, 4.69) is 59.9 Å². The Hall–Kier alpha value is -2.51. The summed E-state index contributed by atoms with van der Waals surface area (Å²) in [5.74, 6) is 0. The third-order valence-electron chi connectivity index (χ3n) is 4.39. The molecule has 0 saturated carbocycles. The van der Waals surface area contributed by atoms with E-state index in [0.717, 1.165) is 29.2 Å². The van der Waals surface area contributed by atoms with Crippen LogP contribution in [0.3, 0.4) is 0 Å². The van der Waals surface area contributed by atoms with Crippen LogP contribution in [0.25, 0.3) is 11.6 Å². The lowest BCUT2D eigenvalue weighted by molar-refractivity contribution is 1.08. The predicted molar refractivity (Wildman–Crippen MR) is 104 cm³/mol. The van der Waals surface area contributed by atoms with Gasteiger partial charge in [-0.15, -0.1) is 0 Å². The van der Waals surface area contributed by atoms with E-state index in [1.54, 1.807) is 0 Å². The Kier molecular flexibility index (Phi) is 4.10. The van der Waals surface area contributed by atoms with Crippen molar-refractivity contribution in [1.29, 1.82) is 0 Å². The normalized spacial score (nSPS) is 14.6. The van der Waals surface area contributed by atoms with Gasteiger partial charge in [0.25, 0.3) is 0 Å². The van der Waals surface area contributed by atoms with Crippen molar-refractivity contribution < 1.29 is 0 Å². The fourth-order valence-corrected chi connectivity index (χ4v) is 3.32.